The number of hydrogen-bond donors (Lipinski definition) is 1. The highest BCUT2D eigenvalue weighted by Gasteiger charge is 2.12. The van der Waals surface area contributed by atoms with Gasteiger partial charge in [-0.1, -0.05) is 60.1 Å². The molecule has 0 fully saturated rings. The third kappa shape index (κ3) is 4.65. The largest absolute Gasteiger partial charge is 0.322 e. The Kier molecular flexibility index (Phi) is 5.79. The van der Waals surface area contributed by atoms with E-state index in [4.69, 9.17) is 11.6 Å². The number of halogens is 1. The molecule has 0 saturated heterocycles. The lowest BCUT2D eigenvalue weighted by molar-refractivity contribution is 0.102. The van der Waals surface area contributed by atoms with Gasteiger partial charge in [-0.2, -0.15) is 0 Å². The number of carbonyl (C=O) groups excluding carboxylic acids is 1. The average Bonchev–Trinajstić information content (AvgIpc) is 2.64. The summed E-state index contributed by atoms with van der Waals surface area (Å²) in [6.45, 7) is 1.93. The smallest absolute Gasteiger partial charge is 0.256 e. The maximum absolute atomic E-state index is 12.7. The summed E-state index contributed by atoms with van der Waals surface area (Å²) in [5.74, 6) is 0.692. The van der Waals surface area contributed by atoms with E-state index in [1.54, 1.807) is 17.8 Å². The molecule has 0 unspecified atom stereocenters. The molecule has 0 spiro atoms. The van der Waals surface area contributed by atoms with Crippen LogP contribution in [0.5, 0.6) is 0 Å². The summed E-state index contributed by atoms with van der Waals surface area (Å²) >= 11 is 7.79. The fourth-order valence-corrected chi connectivity index (χ4v) is 3.57. The van der Waals surface area contributed by atoms with Crippen LogP contribution in [0.1, 0.15) is 21.5 Å². The highest BCUT2D eigenvalue weighted by atomic mass is 35.5. The molecule has 3 aromatic carbocycles. The zero-order chi connectivity index (χ0) is 17.6. The molecule has 0 aromatic heterocycles. The topological polar surface area (TPSA) is 29.1 Å². The van der Waals surface area contributed by atoms with Crippen molar-refractivity contribution in [1.82, 2.24) is 0 Å². The zero-order valence-electron chi connectivity index (χ0n) is 13.8. The van der Waals surface area contributed by atoms with E-state index in [-0.39, 0.29) is 5.91 Å². The van der Waals surface area contributed by atoms with Gasteiger partial charge in [-0.05, 0) is 42.3 Å². The number of rotatable bonds is 5. The van der Waals surface area contributed by atoms with Crippen LogP contribution >= 0.6 is 23.4 Å². The van der Waals surface area contributed by atoms with Crippen molar-refractivity contribution in [2.24, 2.45) is 0 Å². The van der Waals surface area contributed by atoms with E-state index in [9.17, 15) is 4.79 Å². The van der Waals surface area contributed by atoms with E-state index < -0.39 is 0 Å². The van der Waals surface area contributed by atoms with Gasteiger partial charge in [-0.25, -0.2) is 0 Å². The fourth-order valence-electron chi connectivity index (χ4n) is 2.38. The number of amides is 1. The van der Waals surface area contributed by atoms with Crippen LogP contribution in [0.4, 0.5) is 5.69 Å². The molecule has 3 rings (SSSR count). The van der Waals surface area contributed by atoms with E-state index in [2.05, 4.69) is 17.4 Å². The van der Waals surface area contributed by atoms with Gasteiger partial charge >= 0.3 is 0 Å². The minimum absolute atomic E-state index is 0.129. The lowest BCUT2D eigenvalue weighted by Crippen LogP contribution is -2.13. The van der Waals surface area contributed by atoms with E-state index in [0.29, 0.717) is 16.3 Å². The second kappa shape index (κ2) is 8.24. The van der Waals surface area contributed by atoms with Crippen LogP contribution in [-0.2, 0) is 5.75 Å². The van der Waals surface area contributed by atoms with Crippen LogP contribution < -0.4 is 5.32 Å². The van der Waals surface area contributed by atoms with Crippen LogP contribution in [0.15, 0.2) is 77.7 Å². The summed E-state index contributed by atoms with van der Waals surface area (Å²) in [4.78, 5) is 13.6. The molecule has 4 heteroatoms. The Morgan fingerprint density at radius 1 is 1.00 bits per heavy atom. The van der Waals surface area contributed by atoms with E-state index in [1.165, 1.54) is 5.56 Å². The van der Waals surface area contributed by atoms with Gasteiger partial charge in [0.05, 0.1) is 5.56 Å². The SMILES string of the molecule is Cc1ccc(NC(=O)c2ccccc2SCc2ccccc2)cc1Cl. The number of anilines is 1. The second-order valence-corrected chi connectivity index (χ2v) is 7.11. The van der Waals surface area contributed by atoms with E-state index in [1.807, 2.05) is 61.5 Å². The van der Waals surface area contributed by atoms with E-state index >= 15 is 0 Å². The Hall–Kier alpha value is -2.23. The summed E-state index contributed by atoms with van der Waals surface area (Å²) in [6, 6.07) is 23.4. The summed E-state index contributed by atoms with van der Waals surface area (Å²) < 4.78 is 0. The maximum Gasteiger partial charge on any atom is 0.256 e. The predicted molar refractivity (Wildman–Crippen MR) is 107 cm³/mol. The first kappa shape index (κ1) is 17.6. The van der Waals surface area contributed by atoms with Gasteiger partial charge in [0.2, 0.25) is 0 Å². The quantitative estimate of drug-likeness (QED) is 0.544. The van der Waals surface area contributed by atoms with Crippen LogP contribution in [-0.4, -0.2) is 5.91 Å². The molecule has 0 radical (unpaired) electrons. The molecule has 1 N–H and O–H groups in total. The minimum Gasteiger partial charge on any atom is -0.322 e. The van der Waals surface area contributed by atoms with Gasteiger partial charge < -0.3 is 5.32 Å². The number of aryl methyl sites for hydroxylation is 1. The molecule has 0 heterocycles. The number of benzene rings is 3. The van der Waals surface area contributed by atoms with Gasteiger partial charge in [-0.15, -0.1) is 11.8 Å². The first-order valence-electron chi connectivity index (χ1n) is 7.97. The highest BCUT2D eigenvalue weighted by molar-refractivity contribution is 7.98. The molecule has 0 saturated carbocycles. The summed E-state index contributed by atoms with van der Waals surface area (Å²) in [5, 5.41) is 3.57. The van der Waals surface area contributed by atoms with Crippen molar-refractivity contribution in [2.75, 3.05) is 5.32 Å². The van der Waals surface area contributed by atoms with Gasteiger partial charge in [0.1, 0.15) is 0 Å². The zero-order valence-corrected chi connectivity index (χ0v) is 15.4. The Morgan fingerprint density at radius 3 is 2.48 bits per heavy atom. The molecule has 0 aliphatic rings. The van der Waals surface area contributed by atoms with Crippen molar-refractivity contribution in [3.05, 3.63) is 94.5 Å². The summed E-state index contributed by atoms with van der Waals surface area (Å²) in [7, 11) is 0. The van der Waals surface area contributed by atoms with Gasteiger partial charge in [-0.3, -0.25) is 4.79 Å². The van der Waals surface area contributed by atoms with Crippen LogP contribution in [0, 0.1) is 6.92 Å². The molecule has 0 bridgehead atoms. The van der Waals surface area contributed by atoms with Gasteiger partial charge in [0, 0.05) is 21.4 Å². The molecule has 2 nitrogen and oxygen atoms in total. The Labute approximate surface area is 157 Å². The van der Waals surface area contributed by atoms with E-state index in [0.717, 1.165) is 16.2 Å². The first-order chi connectivity index (χ1) is 12.1. The number of nitrogens with one attached hydrogen (secondary N) is 1. The standard InChI is InChI=1S/C21H18ClNOS/c1-15-11-12-17(13-19(15)22)23-21(24)18-9-5-6-10-20(18)25-14-16-7-3-2-4-8-16/h2-13H,14H2,1H3,(H,23,24). The minimum atomic E-state index is -0.129. The number of hydrogen-bond acceptors (Lipinski definition) is 2. The predicted octanol–water partition coefficient (Wildman–Crippen LogP) is 6.19. The number of carbonyl (C=O) groups is 1. The third-order valence-corrected chi connectivity index (χ3v) is 5.35. The Balaban J connectivity index is 1.75. The van der Waals surface area contributed by atoms with Crippen molar-refractivity contribution in [3.63, 3.8) is 0 Å². The molecular weight excluding hydrogens is 350 g/mol. The normalized spacial score (nSPS) is 10.5. The van der Waals surface area contributed by atoms with Crippen LogP contribution in [0.3, 0.4) is 0 Å². The molecule has 0 atom stereocenters. The van der Waals surface area contributed by atoms with Crippen LogP contribution in [0.2, 0.25) is 5.02 Å². The van der Waals surface area contributed by atoms with Crippen molar-refractivity contribution in [2.45, 2.75) is 17.6 Å². The lowest BCUT2D eigenvalue weighted by atomic mass is 10.2. The second-order valence-electron chi connectivity index (χ2n) is 5.69. The van der Waals surface area contributed by atoms with Crippen molar-refractivity contribution < 1.29 is 4.79 Å². The lowest BCUT2D eigenvalue weighted by Gasteiger charge is -2.11. The molecule has 0 aliphatic heterocycles. The maximum atomic E-state index is 12.7. The molecule has 3 aromatic rings. The summed E-state index contributed by atoms with van der Waals surface area (Å²) in [5.41, 5.74) is 3.58. The first-order valence-corrected chi connectivity index (χ1v) is 9.33. The number of thioether (sulfide) groups is 1. The van der Waals surface area contributed by atoms with Crippen LogP contribution in [0.25, 0.3) is 0 Å². The summed E-state index contributed by atoms with van der Waals surface area (Å²) in [6.07, 6.45) is 0. The molecular formula is C21H18ClNOS. The fraction of sp³-hybridized carbons (Fsp3) is 0.0952. The molecule has 0 aliphatic carbocycles. The third-order valence-electron chi connectivity index (χ3n) is 3.80. The molecule has 126 valence electrons. The molecule has 25 heavy (non-hydrogen) atoms. The van der Waals surface area contributed by atoms with Crippen molar-refractivity contribution in [1.29, 1.82) is 0 Å². The highest BCUT2D eigenvalue weighted by Crippen LogP contribution is 2.27. The van der Waals surface area contributed by atoms with Crippen molar-refractivity contribution >= 4 is 35.0 Å². The Morgan fingerprint density at radius 2 is 1.72 bits per heavy atom. The molecule has 1 amide bonds. The van der Waals surface area contributed by atoms with Crippen molar-refractivity contribution in [3.8, 4) is 0 Å². The monoisotopic (exact) mass is 367 g/mol. The Bertz CT molecular complexity index is 880. The van der Waals surface area contributed by atoms with Gasteiger partial charge in [0.15, 0.2) is 0 Å². The average molecular weight is 368 g/mol. The van der Waals surface area contributed by atoms with Gasteiger partial charge in [0.25, 0.3) is 5.91 Å².